The molecule has 1 aromatic carbocycles. The van der Waals surface area contributed by atoms with Crippen molar-refractivity contribution in [3.05, 3.63) is 56.6 Å². The van der Waals surface area contributed by atoms with E-state index in [1.54, 1.807) is 54.5 Å². The SMILES string of the molecule is CC[C@@]1(O)C(=O)OCc2c1cc1n(c2=O)Cc2c-1nc1cc(F)c(OC(=O)N(C)CCNC(=O)C(CCCNC(N)=O)NC(=O)C(NC(=O)C(CCC(=O)OC)NC(=O)OC(C)(C)C)C(C)C)cc1c2C. The molecule has 71 heavy (non-hydrogen) atoms. The van der Waals surface area contributed by atoms with Gasteiger partial charge in [0.2, 0.25) is 17.7 Å². The second-order valence-electron chi connectivity index (χ2n) is 18.6. The lowest BCUT2D eigenvalue weighted by Crippen LogP contribution is -2.58. The van der Waals surface area contributed by atoms with Crippen LogP contribution in [0.2, 0.25) is 0 Å². The Bertz CT molecular complexity index is 2670. The first kappa shape index (κ1) is 54.6. The lowest BCUT2D eigenvalue weighted by Gasteiger charge is -2.31. The fourth-order valence-electron chi connectivity index (χ4n) is 8.01. The lowest BCUT2D eigenvalue weighted by atomic mass is 9.86. The van der Waals surface area contributed by atoms with E-state index in [4.69, 9.17) is 19.9 Å². The number of amides is 7. The van der Waals surface area contributed by atoms with Gasteiger partial charge in [0.05, 0.1) is 36.1 Å². The van der Waals surface area contributed by atoms with Gasteiger partial charge in [-0.3, -0.25) is 24.0 Å². The molecule has 0 saturated heterocycles. The van der Waals surface area contributed by atoms with E-state index in [-0.39, 0.29) is 81.5 Å². The van der Waals surface area contributed by atoms with E-state index < -0.39 is 100 Å². The smallest absolute Gasteiger partial charge is 0.415 e. The Hall–Kier alpha value is -7.37. The molecule has 0 radical (unpaired) electrons. The molecular formula is C47H62FN9O14. The molecule has 2 aliphatic rings. The molecule has 0 aliphatic carbocycles. The Labute approximate surface area is 408 Å². The second-order valence-corrected chi connectivity index (χ2v) is 18.6. The molecule has 23 nitrogen and oxygen atoms in total. The molecule has 7 amide bonds. The number of esters is 2. The van der Waals surface area contributed by atoms with Crippen LogP contribution < -0.4 is 42.6 Å². The molecule has 0 spiro atoms. The van der Waals surface area contributed by atoms with Gasteiger partial charge in [-0.05, 0) is 77.0 Å². The number of pyridine rings is 2. The number of alkyl carbamates (subject to hydrolysis) is 1. The number of aromatic nitrogens is 2. The predicted octanol–water partition coefficient (Wildman–Crippen LogP) is 1.99. The minimum Gasteiger partial charge on any atom is -0.469 e. The largest absolute Gasteiger partial charge is 0.469 e. The number of likely N-dealkylation sites (N-methyl/N-ethyl adjacent to an activating group) is 1. The number of nitrogens with zero attached hydrogens (tertiary/aromatic N) is 3. The van der Waals surface area contributed by atoms with Gasteiger partial charge in [-0.25, -0.2) is 28.6 Å². The Kier molecular flexibility index (Phi) is 17.4. The van der Waals surface area contributed by atoms with Crippen LogP contribution in [0.3, 0.4) is 0 Å². The standard InChI is InChI=1S/C47H62FN9O14/c1-10-47(67)28-19-33-37-26(21-57(33)41(62)27(28)22-69-42(47)63)24(4)25-18-34(29(48)20-32(25)52-37)70-45(66)56(8)17-16-50-38(59)30(12-11-15-51-43(49)64)53-40(61)36(23(2)3)55-39(60)31(13-14-35(58)68-9)54-44(65)71-46(5,6)7/h18-20,23,30-31,36,67H,10-17,21-22H2,1-9H3,(H,50,59)(H,53,61)(H,54,65)(H,55,60)(H3,49,51,64)/t30?,31?,36?,47-/m0/s1. The Morgan fingerprint density at radius 3 is 2.30 bits per heavy atom. The number of aryl methyl sites for hydroxylation is 1. The number of carbonyl (C=O) groups is 8. The van der Waals surface area contributed by atoms with Crippen molar-refractivity contribution in [2.24, 2.45) is 11.7 Å². The highest BCUT2D eigenvalue weighted by Crippen LogP contribution is 2.41. The summed E-state index contributed by atoms with van der Waals surface area (Å²) >= 11 is 0. The molecule has 0 bridgehead atoms. The highest BCUT2D eigenvalue weighted by atomic mass is 19.1. The molecular weight excluding hydrogens is 934 g/mol. The van der Waals surface area contributed by atoms with Gasteiger partial charge in [0, 0.05) is 55.7 Å². The van der Waals surface area contributed by atoms with E-state index in [1.807, 2.05) is 0 Å². The van der Waals surface area contributed by atoms with Crippen LogP contribution in [-0.4, -0.2) is 125 Å². The van der Waals surface area contributed by atoms with Gasteiger partial charge < -0.3 is 65.8 Å². The summed E-state index contributed by atoms with van der Waals surface area (Å²) in [5.74, 6) is -5.72. The minimum absolute atomic E-state index is 0.0156. The molecule has 2 aromatic heterocycles. The first-order valence-corrected chi connectivity index (χ1v) is 23.0. The van der Waals surface area contributed by atoms with Gasteiger partial charge in [-0.2, -0.15) is 0 Å². The fraction of sp³-hybridized carbons (Fsp3) is 0.532. The normalized spacial score (nSPS) is 16.0. The van der Waals surface area contributed by atoms with Crippen LogP contribution in [0.15, 0.2) is 23.0 Å². The maximum Gasteiger partial charge on any atom is 0.415 e. The molecule has 3 aromatic rings. The number of hydrogen-bond donors (Lipinski definition) is 7. The van der Waals surface area contributed by atoms with Crippen LogP contribution in [0.5, 0.6) is 5.75 Å². The predicted molar refractivity (Wildman–Crippen MR) is 251 cm³/mol. The monoisotopic (exact) mass is 995 g/mol. The van der Waals surface area contributed by atoms with E-state index in [2.05, 4.69) is 36.3 Å². The molecule has 0 fully saturated rings. The number of nitrogens with two attached hydrogens (primary N) is 1. The summed E-state index contributed by atoms with van der Waals surface area (Å²) in [6.45, 7) is 11.0. The van der Waals surface area contributed by atoms with E-state index in [9.17, 15) is 48.3 Å². The number of aliphatic hydroxyl groups is 1. The Morgan fingerprint density at radius 2 is 1.66 bits per heavy atom. The third-order valence-electron chi connectivity index (χ3n) is 12.0. The molecule has 4 heterocycles. The number of cyclic esters (lactones) is 1. The Morgan fingerprint density at radius 1 is 0.972 bits per heavy atom. The number of carbonyl (C=O) groups excluding carboxylic acids is 8. The number of ether oxygens (including phenoxy) is 4. The highest BCUT2D eigenvalue weighted by molar-refractivity contribution is 5.94. The second kappa shape index (κ2) is 22.6. The van der Waals surface area contributed by atoms with Gasteiger partial charge >= 0.3 is 30.2 Å². The van der Waals surface area contributed by atoms with Gasteiger partial charge in [0.15, 0.2) is 17.2 Å². The molecule has 0 saturated carbocycles. The molecule has 5 rings (SSSR count). The van der Waals surface area contributed by atoms with Crippen LogP contribution in [0, 0.1) is 18.7 Å². The van der Waals surface area contributed by atoms with E-state index in [1.165, 1.54) is 17.7 Å². The quantitative estimate of drug-likeness (QED) is 0.0401. The summed E-state index contributed by atoms with van der Waals surface area (Å²) in [4.78, 5) is 122. The maximum absolute atomic E-state index is 15.7. The van der Waals surface area contributed by atoms with E-state index in [0.29, 0.717) is 27.9 Å². The highest BCUT2D eigenvalue weighted by Gasteiger charge is 2.45. The van der Waals surface area contributed by atoms with Gasteiger partial charge in [0.1, 0.15) is 30.3 Å². The number of benzene rings is 1. The summed E-state index contributed by atoms with van der Waals surface area (Å²) in [6, 6.07) is -0.677. The van der Waals surface area contributed by atoms with Crippen molar-refractivity contribution in [3.8, 4) is 17.1 Å². The zero-order valence-electron chi connectivity index (χ0n) is 41.2. The Balaban J connectivity index is 1.25. The van der Waals surface area contributed by atoms with E-state index in [0.717, 1.165) is 18.1 Å². The van der Waals surface area contributed by atoms with Crippen molar-refractivity contribution < 1.29 is 66.8 Å². The maximum atomic E-state index is 15.7. The van der Waals surface area contributed by atoms with E-state index >= 15 is 4.39 Å². The van der Waals surface area contributed by atoms with Crippen molar-refractivity contribution in [2.45, 2.75) is 123 Å². The number of primary amides is 1. The average Bonchev–Trinajstić information content (AvgIpc) is 3.67. The lowest BCUT2D eigenvalue weighted by molar-refractivity contribution is -0.172. The summed E-state index contributed by atoms with van der Waals surface area (Å²) in [5.41, 5.74) is 4.18. The molecule has 2 aliphatic heterocycles. The zero-order valence-corrected chi connectivity index (χ0v) is 41.2. The number of hydrogen-bond acceptors (Lipinski definition) is 15. The number of nitrogens with one attached hydrogen (secondary N) is 5. The zero-order chi connectivity index (χ0) is 52.7. The van der Waals surface area contributed by atoms with Crippen molar-refractivity contribution in [1.29, 1.82) is 0 Å². The number of urea groups is 1. The molecule has 386 valence electrons. The van der Waals surface area contributed by atoms with Crippen LogP contribution >= 0.6 is 0 Å². The third kappa shape index (κ3) is 12.9. The first-order chi connectivity index (χ1) is 33.3. The first-order valence-electron chi connectivity index (χ1n) is 23.0. The van der Waals surface area contributed by atoms with Gasteiger partial charge in [0.25, 0.3) is 5.56 Å². The van der Waals surface area contributed by atoms with Crippen molar-refractivity contribution in [1.82, 2.24) is 41.0 Å². The van der Waals surface area contributed by atoms with Crippen molar-refractivity contribution in [3.63, 3.8) is 0 Å². The fourth-order valence-corrected chi connectivity index (χ4v) is 8.01. The summed E-state index contributed by atoms with van der Waals surface area (Å²) in [7, 11) is 2.51. The summed E-state index contributed by atoms with van der Waals surface area (Å²) in [5, 5.41) is 24.3. The number of halogens is 1. The van der Waals surface area contributed by atoms with Crippen molar-refractivity contribution >= 4 is 58.8 Å². The topological polar surface area (TPSA) is 318 Å². The summed E-state index contributed by atoms with van der Waals surface area (Å²) < 4.78 is 37.7. The summed E-state index contributed by atoms with van der Waals surface area (Å²) in [6.07, 6.45) is -2.26. The van der Waals surface area contributed by atoms with Crippen molar-refractivity contribution in [2.75, 3.05) is 33.8 Å². The number of methoxy groups -OCH3 is 1. The number of fused-ring (bicyclic) bond motifs is 5. The molecule has 4 atom stereocenters. The molecule has 24 heteroatoms. The van der Waals surface area contributed by atoms with Crippen LogP contribution in [-0.2, 0) is 56.9 Å². The molecule has 8 N–H and O–H groups in total. The molecule has 3 unspecified atom stereocenters. The number of rotatable bonds is 19. The van der Waals surface area contributed by atoms with Crippen LogP contribution in [0.25, 0.3) is 22.3 Å². The van der Waals surface area contributed by atoms with Crippen LogP contribution in [0.1, 0.15) is 95.9 Å². The average molecular weight is 996 g/mol. The van der Waals surface area contributed by atoms with Gasteiger partial charge in [-0.1, -0.05) is 20.8 Å². The third-order valence-corrected chi connectivity index (χ3v) is 12.0. The van der Waals surface area contributed by atoms with Gasteiger partial charge in [-0.15, -0.1) is 0 Å². The van der Waals surface area contributed by atoms with Crippen LogP contribution in [0.4, 0.5) is 18.8 Å². The minimum atomic E-state index is -2.03.